The molecule has 0 aliphatic heterocycles. The molecule has 1 unspecified atom stereocenters. The summed E-state index contributed by atoms with van der Waals surface area (Å²) < 4.78 is 11.7. The van der Waals surface area contributed by atoms with Crippen molar-refractivity contribution in [2.24, 2.45) is 5.92 Å². The first-order valence-electron chi connectivity index (χ1n) is 11.4. The van der Waals surface area contributed by atoms with E-state index in [0.717, 1.165) is 48.1 Å². The second-order valence-electron chi connectivity index (χ2n) is 8.35. The maximum atomic E-state index is 12.3. The Morgan fingerprint density at radius 3 is 2.50 bits per heavy atom. The van der Waals surface area contributed by atoms with Crippen LogP contribution in [0.2, 0.25) is 0 Å². The second-order valence-corrected chi connectivity index (χ2v) is 8.35. The fraction of sp³-hybridized carbons (Fsp3) is 0.500. The molecule has 2 aromatic rings. The summed E-state index contributed by atoms with van der Waals surface area (Å²) in [6.07, 6.45) is 8.98. The smallest absolute Gasteiger partial charge is 0.262 e. The number of carbonyl (C=O) groups excluding carboxylic acids is 1. The van der Waals surface area contributed by atoms with Crippen LogP contribution in [-0.2, 0) is 4.79 Å². The van der Waals surface area contributed by atoms with E-state index < -0.39 is 0 Å². The van der Waals surface area contributed by atoms with Gasteiger partial charge in [-0.15, -0.1) is 0 Å². The Morgan fingerprint density at radius 1 is 1.03 bits per heavy atom. The van der Waals surface area contributed by atoms with Crippen LogP contribution in [-0.4, -0.2) is 19.1 Å². The van der Waals surface area contributed by atoms with Gasteiger partial charge in [-0.3, -0.25) is 4.79 Å². The van der Waals surface area contributed by atoms with Crippen LogP contribution in [0.1, 0.15) is 70.3 Å². The van der Waals surface area contributed by atoms with Crippen molar-refractivity contribution in [2.45, 2.75) is 64.7 Å². The van der Waals surface area contributed by atoms with Crippen LogP contribution in [0.25, 0.3) is 0 Å². The van der Waals surface area contributed by atoms with Gasteiger partial charge in [-0.1, -0.05) is 64.2 Å². The lowest BCUT2D eigenvalue weighted by molar-refractivity contribution is -0.118. The molecule has 30 heavy (non-hydrogen) atoms. The quantitative estimate of drug-likeness (QED) is 0.483. The van der Waals surface area contributed by atoms with Crippen molar-refractivity contribution in [3.8, 4) is 11.5 Å². The lowest BCUT2D eigenvalue weighted by Gasteiger charge is -2.21. The molecule has 0 spiro atoms. The van der Waals surface area contributed by atoms with Crippen LogP contribution in [0.4, 0.5) is 5.69 Å². The summed E-state index contributed by atoms with van der Waals surface area (Å²) in [5, 5.41) is 2.89. The third-order valence-electron chi connectivity index (χ3n) is 6.08. The van der Waals surface area contributed by atoms with Crippen molar-refractivity contribution < 1.29 is 14.3 Å². The van der Waals surface area contributed by atoms with Gasteiger partial charge in [0.15, 0.2) is 6.61 Å². The van der Waals surface area contributed by atoms with E-state index in [9.17, 15) is 4.79 Å². The largest absolute Gasteiger partial charge is 0.494 e. The molecule has 1 aliphatic rings. The molecule has 1 aliphatic carbocycles. The van der Waals surface area contributed by atoms with E-state index in [4.69, 9.17) is 9.47 Å². The fourth-order valence-electron chi connectivity index (χ4n) is 4.03. The van der Waals surface area contributed by atoms with Gasteiger partial charge < -0.3 is 14.8 Å². The summed E-state index contributed by atoms with van der Waals surface area (Å²) in [5.74, 6) is 2.68. The first-order valence-corrected chi connectivity index (χ1v) is 11.4. The van der Waals surface area contributed by atoms with Crippen molar-refractivity contribution in [1.82, 2.24) is 0 Å². The minimum atomic E-state index is -0.167. The minimum Gasteiger partial charge on any atom is -0.494 e. The second kappa shape index (κ2) is 11.6. The SMILES string of the molecule is CCC(C)c1ccccc1OCC(=O)Nc1ccc(OCCC2CCCCC2)cc1. The Labute approximate surface area is 181 Å². The monoisotopic (exact) mass is 409 g/mol. The molecule has 1 saturated carbocycles. The molecule has 1 atom stereocenters. The van der Waals surface area contributed by atoms with E-state index in [1.54, 1.807) is 0 Å². The van der Waals surface area contributed by atoms with E-state index >= 15 is 0 Å². The molecule has 0 bridgehead atoms. The zero-order chi connectivity index (χ0) is 21.2. The normalized spacial score (nSPS) is 15.4. The van der Waals surface area contributed by atoms with Crippen LogP contribution in [0.3, 0.4) is 0 Å². The predicted octanol–water partition coefficient (Wildman–Crippen LogP) is 6.57. The van der Waals surface area contributed by atoms with Crippen LogP contribution in [0.5, 0.6) is 11.5 Å². The summed E-state index contributed by atoms with van der Waals surface area (Å²) in [6.45, 7) is 5.07. The third kappa shape index (κ3) is 6.79. The summed E-state index contributed by atoms with van der Waals surface area (Å²) in [7, 11) is 0. The molecule has 0 radical (unpaired) electrons. The van der Waals surface area contributed by atoms with Crippen molar-refractivity contribution in [2.75, 3.05) is 18.5 Å². The lowest BCUT2D eigenvalue weighted by Crippen LogP contribution is -2.20. The summed E-state index contributed by atoms with van der Waals surface area (Å²) in [4.78, 5) is 12.3. The fourth-order valence-corrected chi connectivity index (χ4v) is 4.03. The molecule has 0 saturated heterocycles. The van der Waals surface area contributed by atoms with Gasteiger partial charge in [0.05, 0.1) is 6.61 Å². The highest BCUT2D eigenvalue weighted by molar-refractivity contribution is 5.91. The van der Waals surface area contributed by atoms with E-state index in [1.165, 1.54) is 32.1 Å². The van der Waals surface area contributed by atoms with Gasteiger partial charge in [-0.05, 0) is 60.6 Å². The number of para-hydroxylation sites is 1. The van der Waals surface area contributed by atoms with Gasteiger partial charge in [-0.25, -0.2) is 0 Å². The van der Waals surface area contributed by atoms with Crippen LogP contribution >= 0.6 is 0 Å². The molecular formula is C26H35NO3. The Kier molecular flexibility index (Phi) is 8.61. The molecule has 1 fully saturated rings. The zero-order valence-electron chi connectivity index (χ0n) is 18.4. The Bertz CT molecular complexity index is 781. The number of carbonyl (C=O) groups is 1. The van der Waals surface area contributed by atoms with Crippen molar-refractivity contribution >= 4 is 11.6 Å². The Balaban J connectivity index is 1.42. The Hall–Kier alpha value is -2.49. The number of anilines is 1. The van der Waals surface area contributed by atoms with Gasteiger partial charge in [0.1, 0.15) is 11.5 Å². The molecule has 2 aromatic carbocycles. The molecule has 4 heteroatoms. The van der Waals surface area contributed by atoms with Gasteiger partial charge in [0.2, 0.25) is 0 Å². The van der Waals surface area contributed by atoms with Gasteiger partial charge in [-0.2, -0.15) is 0 Å². The van der Waals surface area contributed by atoms with Crippen LogP contribution < -0.4 is 14.8 Å². The third-order valence-corrected chi connectivity index (χ3v) is 6.08. The molecule has 1 N–H and O–H groups in total. The minimum absolute atomic E-state index is 0.00686. The highest BCUT2D eigenvalue weighted by atomic mass is 16.5. The molecular weight excluding hydrogens is 374 g/mol. The standard InChI is InChI=1S/C26H35NO3/c1-3-20(2)24-11-7-8-12-25(24)30-19-26(28)27-22-13-15-23(16-14-22)29-18-17-21-9-5-4-6-10-21/h7-8,11-16,20-21H,3-6,9-10,17-19H2,1-2H3,(H,27,28). The topological polar surface area (TPSA) is 47.6 Å². The number of amides is 1. The van der Waals surface area contributed by atoms with E-state index in [1.807, 2.05) is 42.5 Å². The van der Waals surface area contributed by atoms with E-state index in [2.05, 4.69) is 25.2 Å². The number of ether oxygens (including phenoxy) is 2. The summed E-state index contributed by atoms with van der Waals surface area (Å²) >= 11 is 0. The number of hydrogen-bond donors (Lipinski definition) is 1. The Morgan fingerprint density at radius 2 is 1.77 bits per heavy atom. The van der Waals surface area contributed by atoms with Gasteiger partial charge >= 0.3 is 0 Å². The number of benzene rings is 2. The maximum Gasteiger partial charge on any atom is 0.262 e. The lowest BCUT2D eigenvalue weighted by atomic mass is 9.87. The molecule has 0 heterocycles. The van der Waals surface area contributed by atoms with Gasteiger partial charge in [0, 0.05) is 5.69 Å². The van der Waals surface area contributed by atoms with Crippen molar-refractivity contribution in [3.05, 3.63) is 54.1 Å². The zero-order valence-corrected chi connectivity index (χ0v) is 18.4. The van der Waals surface area contributed by atoms with E-state index in [-0.39, 0.29) is 12.5 Å². The molecule has 3 rings (SSSR count). The highest BCUT2D eigenvalue weighted by Crippen LogP contribution is 2.28. The van der Waals surface area contributed by atoms with Gasteiger partial charge in [0.25, 0.3) is 5.91 Å². The first-order chi connectivity index (χ1) is 14.7. The molecule has 162 valence electrons. The maximum absolute atomic E-state index is 12.3. The average Bonchev–Trinajstić information content (AvgIpc) is 2.79. The van der Waals surface area contributed by atoms with Crippen molar-refractivity contribution in [3.63, 3.8) is 0 Å². The van der Waals surface area contributed by atoms with E-state index in [0.29, 0.717) is 5.92 Å². The molecule has 4 nitrogen and oxygen atoms in total. The highest BCUT2D eigenvalue weighted by Gasteiger charge is 2.13. The van der Waals surface area contributed by atoms with Crippen LogP contribution in [0, 0.1) is 5.92 Å². The average molecular weight is 410 g/mol. The van der Waals surface area contributed by atoms with Crippen LogP contribution in [0.15, 0.2) is 48.5 Å². The first kappa shape index (κ1) is 22.2. The summed E-state index contributed by atoms with van der Waals surface area (Å²) in [5.41, 5.74) is 1.89. The number of nitrogens with one attached hydrogen (secondary N) is 1. The summed E-state index contributed by atoms with van der Waals surface area (Å²) in [6, 6.07) is 15.5. The molecule has 1 amide bonds. The molecule has 0 aromatic heterocycles. The number of rotatable bonds is 10. The number of hydrogen-bond acceptors (Lipinski definition) is 3. The predicted molar refractivity (Wildman–Crippen MR) is 122 cm³/mol. The van der Waals surface area contributed by atoms with Crippen molar-refractivity contribution in [1.29, 1.82) is 0 Å².